The highest BCUT2D eigenvalue weighted by Crippen LogP contribution is 2.16. The quantitative estimate of drug-likeness (QED) is 0.582. The Bertz CT molecular complexity index is 340. The fourth-order valence-corrected chi connectivity index (χ4v) is 1.29. The van der Waals surface area contributed by atoms with E-state index in [-0.39, 0.29) is 0 Å². The van der Waals surface area contributed by atoms with Crippen LogP contribution in [0.25, 0.3) is 0 Å². The smallest absolute Gasteiger partial charge is 0.119 e. The summed E-state index contributed by atoms with van der Waals surface area (Å²) in [5.74, 6) is 1.72. The summed E-state index contributed by atoms with van der Waals surface area (Å²) in [5, 5.41) is 3.28. The number of nitrogens with one attached hydrogen (secondary N) is 1. The predicted octanol–water partition coefficient (Wildman–Crippen LogP) is 2.63. The molecule has 1 aromatic carbocycles. The molecule has 0 heterocycles. The van der Waals surface area contributed by atoms with Crippen molar-refractivity contribution in [3.8, 4) is 11.5 Å². The molecule has 0 amide bonds. The van der Waals surface area contributed by atoms with E-state index in [9.17, 15) is 0 Å². The second-order valence-corrected chi connectivity index (χ2v) is 4.01. The zero-order valence-corrected chi connectivity index (χ0v) is 10.8. The molecule has 0 aliphatic carbocycles. The van der Waals surface area contributed by atoms with Gasteiger partial charge in [-0.1, -0.05) is 11.6 Å². The van der Waals surface area contributed by atoms with Crippen LogP contribution < -0.4 is 14.8 Å². The van der Waals surface area contributed by atoms with E-state index in [2.05, 4.69) is 25.2 Å². The van der Waals surface area contributed by atoms with E-state index in [0.29, 0.717) is 6.61 Å². The third-order valence-electron chi connectivity index (χ3n) is 2.26. The first-order valence-electron chi connectivity index (χ1n) is 5.83. The van der Waals surface area contributed by atoms with Gasteiger partial charge in [-0.3, -0.25) is 0 Å². The minimum absolute atomic E-state index is 0.670. The van der Waals surface area contributed by atoms with Crippen molar-refractivity contribution >= 4 is 0 Å². The van der Waals surface area contributed by atoms with Gasteiger partial charge in [-0.2, -0.15) is 0 Å². The molecule has 1 aromatic rings. The maximum absolute atomic E-state index is 5.57. The van der Waals surface area contributed by atoms with E-state index < -0.39 is 0 Å². The Balaban J connectivity index is 2.15. The molecule has 3 nitrogen and oxygen atoms in total. The van der Waals surface area contributed by atoms with Crippen LogP contribution in [0.1, 0.15) is 13.8 Å². The third-order valence-corrected chi connectivity index (χ3v) is 2.26. The summed E-state index contributed by atoms with van der Waals surface area (Å²) in [6.45, 7) is 6.60. The largest absolute Gasteiger partial charge is 0.497 e. The first-order valence-corrected chi connectivity index (χ1v) is 5.83. The van der Waals surface area contributed by atoms with Crippen LogP contribution in [0.3, 0.4) is 0 Å². The SMILES string of the molecule is COc1ccc(OCCNCC=C(C)C)cc1. The van der Waals surface area contributed by atoms with E-state index in [1.807, 2.05) is 24.3 Å². The second kappa shape index (κ2) is 7.74. The first kappa shape index (κ1) is 13.6. The molecule has 0 unspecified atom stereocenters. The van der Waals surface area contributed by atoms with Crippen LogP contribution >= 0.6 is 0 Å². The van der Waals surface area contributed by atoms with Gasteiger partial charge >= 0.3 is 0 Å². The maximum atomic E-state index is 5.57. The van der Waals surface area contributed by atoms with E-state index in [0.717, 1.165) is 24.6 Å². The van der Waals surface area contributed by atoms with Crippen molar-refractivity contribution in [2.75, 3.05) is 26.8 Å². The standard InChI is InChI=1S/C14H21NO2/c1-12(2)8-9-15-10-11-17-14-6-4-13(16-3)5-7-14/h4-8,15H,9-11H2,1-3H3. The molecule has 3 heteroatoms. The number of methoxy groups -OCH3 is 1. The normalized spacial score (nSPS) is 9.82. The minimum Gasteiger partial charge on any atom is -0.497 e. The number of ether oxygens (including phenoxy) is 2. The lowest BCUT2D eigenvalue weighted by Crippen LogP contribution is -2.21. The van der Waals surface area contributed by atoms with Gasteiger partial charge in [0.1, 0.15) is 18.1 Å². The van der Waals surface area contributed by atoms with Gasteiger partial charge in [0.15, 0.2) is 0 Å². The Morgan fingerprint density at radius 2 is 1.82 bits per heavy atom. The van der Waals surface area contributed by atoms with Crippen molar-refractivity contribution in [1.29, 1.82) is 0 Å². The summed E-state index contributed by atoms with van der Waals surface area (Å²) in [6.07, 6.45) is 2.16. The molecule has 1 N–H and O–H groups in total. The molecule has 0 atom stereocenters. The molecular formula is C14H21NO2. The third kappa shape index (κ3) is 5.97. The summed E-state index contributed by atoms with van der Waals surface area (Å²) in [5.41, 5.74) is 1.33. The maximum Gasteiger partial charge on any atom is 0.119 e. The molecule has 0 saturated heterocycles. The van der Waals surface area contributed by atoms with Crippen LogP contribution in [0.4, 0.5) is 0 Å². The highest BCUT2D eigenvalue weighted by Gasteiger charge is 1.94. The van der Waals surface area contributed by atoms with E-state index in [1.165, 1.54) is 5.57 Å². The van der Waals surface area contributed by atoms with Crippen LogP contribution in [0.5, 0.6) is 11.5 Å². The molecule has 94 valence electrons. The number of allylic oxidation sites excluding steroid dienone is 1. The van der Waals surface area contributed by atoms with Gasteiger partial charge in [0.25, 0.3) is 0 Å². The van der Waals surface area contributed by atoms with Crippen molar-refractivity contribution in [3.63, 3.8) is 0 Å². The van der Waals surface area contributed by atoms with Gasteiger partial charge in [0.2, 0.25) is 0 Å². The van der Waals surface area contributed by atoms with Gasteiger partial charge in [-0.25, -0.2) is 0 Å². The summed E-state index contributed by atoms with van der Waals surface area (Å²) >= 11 is 0. The Kier molecular flexibility index (Phi) is 6.18. The topological polar surface area (TPSA) is 30.5 Å². The van der Waals surface area contributed by atoms with E-state index in [1.54, 1.807) is 7.11 Å². The van der Waals surface area contributed by atoms with Crippen molar-refractivity contribution in [2.45, 2.75) is 13.8 Å². The van der Waals surface area contributed by atoms with Crippen molar-refractivity contribution in [2.24, 2.45) is 0 Å². The lowest BCUT2D eigenvalue weighted by Gasteiger charge is -2.07. The average molecular weight is 235 g/mol. The summed E-state index contributed by atoms with van der Waals surface area (Å²) in [4.78, 5) is 0. The molecule has 0 radical (unpaired) electrons. The zero-order chi connectivity index (χ0) is 12.5. The number of hydrogen-bond acceptors (Lipinski definition) is 3. The van der Waals surface area contributed by atoms with Gasteiger partial charge in [-0.05, 0) is 38.1 Å². The molecule has 1 rings (SSSR count). The molecule has 0 aromatic heterocycles. The predicted molar refractivity (Wildman–Crippen MR) is 70.8 cm³/mol. The van der Waals surface area contributed by atoms with Crippen LogP contribution in [0.15, 0.2) is 35.9 Å². The summed E-state index contributed by atoms with van der Waals surface area (Å²) in [7, 11) is 1.66. The Labute approximate surface area is 103 Å². The first-order chi connectivity index (χ1) is 8.22. The lowest BCUT2D eigenvalue weighted by molar-refractivity contribution is 0.315. The molecule has 0 fully saturated rings. The van der Waals surface area contributed by atoms with Crippen LogP contribution in [-0.4, -0.2) is 26.8 Å². The average Bonchev–Trinajstić information content (AvgIpc) is 2.34. The van der Waals surface area contributed by atoms with Gasteiger partial charge in [0, 0.05) is 13.1 Å². The summed E-state index contributed by atoms with van der Waals surface area (Å²) in [6, 6.07) is 7.61. The lowest BCUT2D eigenvalue weighted by atomic mass is 10.3. The molecule has 0 saturated carbocycles. The van der Waals surface area contributed by atoms with Crippen LogP contribution in [0.2, 0.25) is 0 Å². The summed E-state index contributed by atoms with van der Waals surface area (Å²) < 4.78 is 10.6. The van der Waals surface area contributed by atoms with E-state index >= 15 is 0 Å². The molecule has 0 aliphatic rings. The Morgan fingerprint density at radius 3 is 2.41 bits per heavy atom. The molecule has 17 heavy (non-hydrogen) atoms. The number of rotatable bonds is 7. The second-order valence-electron chi connectivity index (χ2n) is 4.01. The Morgan fingerprint density at radius 1 is 1.18 bits per heavy atom. The molecule has 0 spiro atoms. The van der Waals surface area contributed by atoms with Gasteiger partial charge < -0.3 is 14.8 Å². The van der Waals surface area contributed by atoms with Crippen LogP contribution in [0, 0.1) is 0 Å². The van der Waals surface area contributed by atoms with Crippen molar-refractivity contribution in [3.05, 3.63) is 35.9 Å². The molecule has 0 aliphatic heterocycles. The van der Waals surface area contributed by atoms with Crippen molar-refractivity contribution in [1.82, 2.24) is 5.32 Å². The molecule has 0 bridgehead atoms. The number of benzene rings is 1. The van der Waals surface area contributed by atoms with E-state index in [4.69, 9.17) is 9.47 Å². The fourth-order valence-electron chi connectivity index (χ4n) is 1.29. The Hall–Kier alpha value is -1.48. The zero-order valence-electron chi connectivity index (χ0n) is 10.8. The van der Waals surface area contributed by atoms with Crippen LogP contribution in [-0.2, 0) is 0 Å². The number of hydrogen-bond donors (Lipinski definition) is 1. The monoisotopic (exact) mass is 235 g/mol. The highest BCUT2D eigenvalue weighted by molar-refractivity contribution is 5.31. The highest BCUT2D eigenvalue weighted by atomic mass is 16.5. The fraction of sp³-hybridized carbons (Fsp3) is 0.429. The minimum atomic E-state index is 0.670. The van der Waals surface area contributed by atoms with Gasteiger partial charge in [-0.15, -0.1) is 0 Å². The van der Waals surface area contributed by atoms with Crippen molar-refractivity contribution < 1.29 is 9.47 Å². The molecular weight excluding hydrogens is 214 g/mol. The van der Waals surface area contributed by atoms with Gasteiger partial charge in [0.05, 0.1) is 7.11 Å².